The van der Waals surface area contributed by atoms with Gasteiger partial charge in [0.25, 0.3) is 0 Å². The van der Waals surface area contributed by atoms with Gasteiger partial charge in [0.1, 0.15) is 0 Å². The molecule has 96 valence electrons. The molecule has 17 heavy (non-hydrogen) atoms. The van der Waals surface area contributed by atoms with Crippen LogP contribution < -0.4 is 0 Å². The van der Waals surface area contributed by atoms with Gasteiger partial charge in [-0.2, -0.15) is 0 Å². The molecule has 3 nitrogen and oxygen atoms in total. The van der Waals surface area contributed by atoms with Gasteiger partial charge >= 0.3 is 0 Å². The number of nitrogens with zero attached hydrogens (tertiary/aromatic N) is 2. The van der Waals surface area contributed by atoms with Crippen molar-refractivity contribution in [1.82, 2.24) is 9.80 Å². The van der Waals surface area contributed by atoms with Gasteiger partial charge in [-0.15, -0.1) is 11.3 Å². The molecule has 1 aromatic heterocycles. The van der Waals surface area contributed by atoms with Gasteiger partial charge < -0.3 is 9.64 Å². The molecule has 0 aromatic carbocycles. The monoisotopic (exact) mass is 318 g/mol. The highest BCUT2D eigenvalue weighted by Gasteiger charge is 2.21. The third-order valence-electron chi connectivity index (χ3n) is 2.80. The first-order valence-electron chi connectivity index (χ1n) is 5.86. The quantitative estimate of drug-likeness (QED) is 0.847. The van der Waals surface area contributed by atoms with Crippen molar-refractivity contribution in [2.24, 2.45) is 0 Å². The van der Waals surface area contributed by atoms with Crippen molar-refractivity contribution in [3.63, 3.8) is 0 Å². The van der Waals surface area contributed by atoms with E-state index >= 15 is 0 Å². The van der Waals surface area contributed by atoms with Crippen LogP contribution in [0.2, 0.25) is 0 Å². The topological polar surface area (TPSA) is 15.7 Å². The number of thiophene rings is 1. The minimum atomic E-state index is 0.349. The van der Waals surface area contributed by atoms with Gasteiger partial charge in [0.05, 0.1) is 16.5 Å². The minimum absolute atomic E-state index is 0.349. The molecule has 0 radical (unpaired) electrons. The molecule has 0 saturated carbocycles. The number of halogens is 1. The van der Waals surface area contributed by atoms with E-state index < -0.39 is 0 Å². The summed E-state index contributed by atoms with van der Waals surface area (Å²) in [6.07, 6.45) is 0.349. The first-order chi connectivity index (χ1) is 8.13. The lowest BCUT2D eigenvalue weighted by Gasteiger charge is -2.33. The predicted molar refractivity (Wildman–Crippen MR) is 75.6 cm³/mol. The molecule has 2 rings (SSSR count). The highest BCUT2D eigenvalue weighted by atomic mass is 79.9. The Morgan fingerprint density at radius 3 is 3.00 bits per heavy atom. The standard InChI is InChI=1S/C12H19BrN2OS/c1-14(2)7-10-8-15(5-6-16-10)9-11-3-4-12(13)17-11/h3-4,10H,5-9H2,1-2H3/t10-/m0/s1. The summed E-state index contributed by atoms with van der Waals surface area (Å²) in [4.78, 5) is 6.09. The Bertz CT molecular complexity index is 356. The van der Waals surface area contributed by atoms with Crippen molar-refractivity contribution in [2.75, 3.05) is 40.3 Å². The molecule has 2 heterocycles. The number of ether oxygens (including phenoxy) is 1. The SMILES string of the molecule is CN(C)C[C@H]1CN(Cc2ccc(Br)s2)CCO1. The summed E-state index contributed by atoms with van der Waals surface area (Å²) in [5.41, 5.74) is 0. The maximum absolute atomic E-state index is 5.77. The van der Waals surface area contributed by atoms with E-state index in [2.05, 4.69) is 52.0 Å². The van der Waals surface area contributed by atoms with Crippen LogP contribution in [0.25, 0.3) is 0 Å². The van der Waals surface area contributed by atoms with E-state index in [-0.39, 0.29) is 0 Å². The Labute approximate surface area is 115 Å². The summed E-state index contributed by atoms with van der Waals surface area (Å²) >= 11 is 5.33. The summed E-state index contributed by atoms with van der Waals surface area (Å²) in [6.45, 7) is 4.98. The summed E-state index contributed by atoms with van der Waals surface area (Å²) in [7, 11) is 4.19. The average Bonchev–Trinajstić information content (AvgIpc) is 2.63. The molecule has 0 N–H and O–H groups in total. The fourth-order valence-corrected chi connectivity index (χ4v) is 3.62. The molecule has 1 aliphatic heterocycles. The lowest BCUT2D eigenvalue weighted by molar-refractivity contribution is -0.0404. The molecule has 0 unspecified atom stereocenters. The average molecular weight is 319 g/mol. The number of hydrogen-bond acceptors (Lipinski definition) is 4. The van der Waals surface area contributed by atoms with Crippen LogP contribution in [0.1, 0.15) is 4.88 Å². The lowest BCUT2D eigenvalue weighted by Crippen LogP contribution is -2.45. The Balaban J connectivity index is 1.85. The molecule has 0 amide bonds. The van der Waals surface area contributed by atoms with Crippen molar-refractivity contribution in [3.05, 3.63) is 20.8 Å². The van der Waals surface area contributed by atoms with Gasteiger partial charge in [0, 0.05) is 31.1 Å². The second kappa shape index (κ2) is 6.29. The summed E-state index contributed by atoms with van der Waals surface area (Å²) < 4.78 is 6.99. The van der Waals surface area contributed by atoms with E-state index in [9.17, 15) is 0 Å². The molecular formula is C12H19BrN2OS. The van der Waals surface area contributed by atoms with Crippen molar-refractivity contribution in [3.8, 4) is 0 Å². The fraction of sp³-hybridized carbons (Fsp3) is 0.667. The largest absolute Gasteiger partial charge is 0.374 e. The van der Waals surface area contributed by atoms with Gasteiger partial charge in [-0.3, -0.25) is 4.90 Å². The summed E-state index contributed by atoms with van der Waals surface area (Å²) in [5, 5.41) is 0. The van der Waals surface area contributed by atoms with Gasteiger partial charge in [0.15, 0.2) is 0 Å². The fourth-order valence-electron chi connectivity index (χ4n) is 2.10. The first kappa shape index (κ1) is 13.5. The van der Waals surface area contributed by atoms with Crippen LogP contribution in [0.15, 0.2) is 15.9 Å². The van der Waals surface area contributed by atoms with Crippen LogP contribution in [0.3, 0.4) is 0 Å². The normalized spacial score (nSPS) is 22.2. The molecule has 5 heteroatoms. The Kier molecular flexibility index (Phi) is 4.99. The van der Waals surface area contributed by atoms with Crippen LogP contribution in [-0.4, -0.2) is 56.2 Å². The zero-order valence-corrected chi connectivity index (χ0v) is 12.8. The van der Waals surface area contributed by atoms with E-state index in [1.165, 1.54) is 8.66 Å². The van der Waals surface area contributed by atoms with Crippen LogP contribution >= 0.6 is 27.3 Å². The van der Waals surface area contributed by atoms with Gasteiger partial charge in [0.2, 0.25) is 0 Å². The highest BCUT2D eigenvalue weighted by molar-refractivity contribution is 9.11. The zero-order valence-electron chi connectivity index (χ0n) is 10.4. The predicted octanol–water partition coefficient (Wildman–Crippen LogP) is 2.27. The van der Waals surface area contributed by atoms with Crippen molar-refractivity contribution in [1.29, 1.82) is 0 Å². The molecule has 0 aliphatic carbocycles. The molecule has 1 atom stereocenters. The molecule has 1 fully saturated rings. The van der Waals surface area contributed by atoms with E-state index in [1.807, 2.05) is 11.3 Å². The van der Waals surface area contributed by atoms with Gasteiger partial charge in [-0.25, -0.2) is 0 Å². The van der Waals surface area contributed by atoms with Crippen molar-refractivity contribution < 1.29 is 4.74 Å². The number of rotatable bonds is 4. The van der Waals surface area contributed by atoms with Crippen LogP contribution in [0.4, 0.5) is 0 Å². The Morgan fingerprint density at radius 1 is 1.53 bits per heavy atom. The third kappa shape index (κ3) is 4.34. The molecule has 1 saturated heterocycles. The number of hydrogen-bond donors (Lipinski definition) is 0. The maximum atomic E-state index is 5.77. The maximum Gasteiger partial charge on any atom is 0.0829 e. The van der Waals surface area contributed by atoms with E-state index in [0.29, 0.717) is 6.10 Å². The van der Waals surface area contributed by atoms with Crippen LogP contribution in [-0.2, 0) is 11.3 Å². The van der Waals surface area contributed by atoms with Crippen molar-refractivity contribution >= 4 is 27.3 Å². The Hall–Kier alpha value is 0.0600. The third-order valence-corrected chi connectivity index (χ3v) is 4.41. The lowest BCUT2D eigenvalue weighted by atomic mass is 10.2. The molecular weight excluding hydrogens is 300 g/mol. The number of likely N-dealkylation sites (N-methyl/N-ethyl adjacent to an activating group) is 1. The second-order valence-electron chi connectivity index (χ2n) is 4.70. The van der Waals surface area contributed by atoms with Gasteiger partial charge in [-0.05, 0) is 42.2 Å². The van der Waals surface area contributed by atoms with Crippen LogP contribution in [0.5, 0.6) is 0 Å². The Morgan fingerprint density at radius 2 is 2.35 bits per heavy atom. The highest BCUT2D eigenvalue weighted by Crippen LogP contribution is 2.23. The molecule has 0 spiro atoms. The summed E-state index contributed by atoms with van der Waals surface area (Å²) in [5.74, 6) is 0. The molecule has 1 aliphatic rings. The molecule has 0 bridgehead atoms. The summed E-state index contributed by atoms with van der Waals surface area (Å²) in [6, 6.07) is 4.32. The minimum Gasteiger partial charge on any atom is -0.374 e. The van der Waals surface area contributed by atoms with Crippen molar-refractivity contribution in [2.45, 2.75) is 12.6 Å². The second-order valence-corrected chi connectivity index (χ2v) is 7.24. The smallest absolute Gasteiger partial charge is 0.0829 e. The van der Waals surface area contributed by atoms with Gasteiger partial charge in [-0.1, -0.05) is 0 Å². The van der Waals surface area contributed by atoms with E-state index in [1.54, 1.807) is 0 Å². The zero-order chi connectivity index (χ0) is 12.3. The van der Waals surface area contributed by atoms with E-state index in [0.717, 1.165) is 32.8 Å². The number of morpholine rings is 1. The van der Waals surface area contributed by atoms with E-state index in [4.69, 9.17) is 4.74 Å². The van der Waals surface area contributed by atoms with Crippen LogP contribution in [0, 0.1) is 0 Å². The molecule has 1 aromatic rings. The first-order valence-corrected chi connectivity index (χ1v) is 7.47.